The fourth-order valence-electron chi connectivity index (χ4n) is 3.14. The minimum Gasteiger partial charge on any atom is -0.434 e. The molecule has 0 atom stereocenters. The molecule has 0 aliphatic rings. The standard InChI is InChI=1S/C23H16BrNO2/c24-21-19(16-10-4-1-5-11-16)20(17-12-6-2-7-13-17)22(27-23(21)25-26)18-14-8-3-9-15-18/h1-15,26H/b25-23+. The number of benzene rings is 3. The van der Waals surface area contributed by atoms with E-state index in [-0.39, 0.29) is 5.55 Å². The molecule has 0 aliphatic heterocycles. The average Bonchev–Trinajstić information content (AvgIpc) is 2.75. The molecule has 0 fully saturated rings. The quantitative estimate of drug-likeness (QED) is 0.312. The minimum atomic E-state index is 0.132. The van der Waals surface area contributed by atoms with Crippen LogP contribution in [-0.2, 0) is 0 Å². The molecule has 27 heavy (non-hydrogen) atoms. The topological polar surface area (TPSA) is 45.7 Å². The largest absolute Gasteiger partial charge is 0.434 e. The van der Waals surface area contributed by atoms with Gasteiger partial charge in [0, 0.05) is 16.7 Å². The minimum absolute atomic E-state index is 0.132. The molecule has 3 nitrogen and oxygen atoms in total. The summed E-state index contributed by atoms with van der Waals surface area (Å²) in [5.74, 6) is 0.650. The summed E-state index contributed by atoms with van der Waals surface area (Å²) in [6, 6.07) is 29.9. The van der Waals surface area contributed by atoms with Crippen LogP contribution in [-0.4, -0.2) is 5.21 Å². The van der Waals surface area contributed by atoms with Crippen LogP contribution in [0.2, 0.25) is 0 Å². The monoisotopic (exact) mass is 417 g/mol. The molecule has 1 aromatic heterocycles. The zero-order valence-electron chi connectivity index (χ0n) is 14.3. The van der Waals surface area contributed by atoms with Crippen molar-refractivity contribution in [2.75, 3.05) is 0 Å². The highest BCUT2D eigenvalue weighted by atomic mass is 79.9. The Labute approximate surface area is 165 Å². The first-order valence-electron chi connectivity index (χ1n) is 8.50. The highest BCUT2D eigenvalue weighted by Gasteiger charge is 2.21. The van der Waals surface area contributed by atoms with Gasteiger partial charge in [0.1, 0.15) is 5.76 Å². The van der Waals surface area contributed by atoms with E-state index in [1.54, 1.807) is 0 Å². The maximum atomic E-state index is 9.52. The van der Waals surface area contributed by atoms with Gasteiger partial charge in [0.2, 0.25) is 0 Å². The molecule has 3 aromatic carbocycles. The lowest BCUT2D eigenvalue weighted by atomic mass is 9.92. The molecule has 0 radical (unpaired) electrons. The van der Waals surface area contributed by atoms with Gasteiger partial charge in [0.25, 0.3) is 5.55 Å². The van der Waals surface area contributed by atoms with Crippen molar-refractivity contribution in [3.05, 3.63) is 101 Å². The number of nitrogens with zero attached hydrogens (tertiary/aromatic N) is 1. The summed E-state index contributed by atoms with van der Waals surface area (Å²) >= 11 is 3.59. The predicted molar refractivity (Wildman–Crippen MR) is 110 cm³/mol. The van der Waals surface area contributed by atoms with Gasteiger partial charge in [-0.1, -0.05) is 91.0 Å². The van der Waals surface area contributed by atoms with Crippen molar-refractivity contribution in [3.8, 4) is 33.6 Å². The Kier molecular flexibility index (Phi) is 4.90. The maximum Gasteiger partial charge on any atom is 0.270 e. The summed E-state index contributed by atoms with van der Waals surface area (Å²) in [6.45, 7) is 0. The van der Waals surface area contributed by atoms with Crippen molar-refractivity contribution in [1.29, 1.82) is 0 Å². The summed E-state index contributed by atoms with van der Waals surface area (Å²) in [6.07, 6.45) is 0. The lowest BCUT2D eigenvalue weighted by Gasteiger charge is -2.16. The third-order valence-corrected chi connectivity index (χ3v) is 5.07. The summed E-state index contributed by atoms with van der Waals surface area (Å²) < 4.78 is 6.63. The lowest BCUT2D eigenvalue weighted by molar-refractivity contribution is 0.273. The smallest absolute Gasteiger partial charge is 0.270 e. The van der Waals surface area contributed by atoms with Gasteiger partial charge < -0.3 is 9.62 Å². The van der Waals surface area contributed by atoms with E-state index >= 15 is 0 Å². The first-order valence-corrected chi connectivity index (χ1v) is 9.30. The van der Waals surface area contributed by atoms with Crippen LogP contribution in [0.5, 0.6) is 0 Å². The molecule has 1 N–H and O–H groups in total. The molecule has 0 amide bonds. The second-order valence-electron chi connectivity index (χ2n) is 6.00. The van der Waals surface area contributed by atoms with Crippen LogP contribution in [0.3, 0.4) is 0 Å². The van der Waals surface area contributed by atoms with Crippen LogP contribution in [0.25, 0.3) is 33.6 Å². The molecule has 0 saturated heterocycles. The lowest BCUT2D eigenvalue weighted by Crippen LogP contribution is -2.08. The highest BCUT2D eigenvalue weighted by Crippen LogP contribution is 2.42. The first-order chi connectivity index (χ1) is 13.3. The van der Waals surface area contributed by atoms with Crippen molar-refractivity contribution < 1.29 is 9.62 Å². The van der Waals surface area contributed by atoms with Crippen molar-refractivity contribution >= 4 is 15.9 Å². The van der Waals surface area contributed by atoms with Crippen LogP contribution >= 0.6 is 15.9 Å². The number of halogens is 1. The first kappa shape index (κ1) is 17.3. The number of hydrogen-bond donors (Lipinski definition) is 1. The van der Waals surface area contributed by atoms with Crippen LogP contribution in [0, 0.1) is 0 Å². The Bertz CT molecular complexity index is 1120. The van der Waals surface area contributed by atoms with Gasteiger partial charge in [-0.25, -0.2) is 0 Å². The van der Waals surface area contributed by atoms with Crippen molar-refractivity contribution in [1.82, 2.24) is 0 Å². The Morgan fingerprint density at radius 2 is 1.07 bits per heavy atom. The summed E-state index contributed by atoms with van der Waals surface area (Å²) in [5, 5.41) is 12.9. The molecule has 0 aliphatic carbocycles. The molecule has 4 rings (SSSR count). The molecular weight excluding hydrogens is 402 g/mol. The van der Waals surface area contributed by atoms with Gasteiger partial charge in [0.15, 0.2) is 0 Å². The van der Waals surface area contributed by atoms with E-state index in [1.165, 1.54) is 0 Å². The van der Waals surface area contributed by atoms with E-state index in [2.05, 4.69) is 21.1 Å². The van der Waals surface area contributed by atoms with Gasteiger partial charge in [-0.3, -0.25) is 0 Å². The Hall–Kier alpha value is -3.11. The second-order valence-corrected chi connectivity index (χ2v) is 6.79. The van der Waals surface area contributed by atoms with Crippen LogP contribution in [0.4, 0.5) is 0 Å². The van der Waals surface area contributed by atoms with Gasteiger partial charge in [-0.15, -0.1) is 0 Å². The van der Waals surface area contributed by atoms with E-state index in [0.717, 1.165) is 27.8 Å². The zero-order valence-corrected chi connectivity index (χ0v) is 15.9. The maximum absolute atomic E-state index is 9.52. The molecule has 0 unspecified atom stereocenters. The SMILES string of the molecule is O/N=c1/oc(-c2ccccc2)c(-c2ccccc2)c(-c2ccccc2)c1Br. The molecule has 4 aromatic rings. The molecule has 132 valence electrons. The Morgan fingerprint density at radius 1 is 0.630 bits per heavy atom. The van der Waals surface area contributed by atoms with E-state index in [1.807, 2.05) is 91.0 Å². The summed E-state index contributed by atoms with van der Waals surface area (Å²) in [5.41, 5.74) is 4.91. The fourth-order valence-corrected chi connectivity index (χ4v) is 3.72. The third kappa shape index (κ3) is 3.32. The second kappa shape index (κ2) is 7.64. The van der Waals surface area contributed by atoms with Crippen molar-refractivity contribution in [2.45, 2.75) is 0 Å². The normalized spacial score (nSPS) is 11.5. The van der Waals surface area contributed by atoms with E-state index in [9.17, 15) is 5.21 Å². The van der Waals surface area contributed by atoms with Crippen molar-refractivity contribution in [2.24, 2.45) is 5.16 Å². The molecule has 4 heteroatoms. The molecule has 1 heterocycles. The van der Waals surface area contributed by atoms with Gasteiger partial charge >= 0.3 is 0 Å². The number of rotatable bonds is 3. The van der Waals surface area contributed by atoms with Gasteiger partial charge in [-0.2, -0.15) is 0 Å². The average molecular weight is 418 g/mol. The summed E-state index contributed by atoms with van der Waals surface area (Å²) in [7, 11) is 0. The third-order valence-electron chi connectivity index (χ3n) is 4.33. The van der Waals surface area contributed by atoms with Crippen LogP contribution in [0.1, 0.15) is 0 Å². The number of hydrogen-bond acceptors (Lipinski definition) is 3. The van der Waals surface area contributed by atoms with E-state index in [0.29, 0.717) is 10.2 Å². The molecule has 0 spiro atoms. The Morgan fingerprint density at radius 3 is 1.56 bits per heavy atom. The Balaban J connectivity index is 2.17. The van der Waals surface area contributed by atoms with E-state index < -0.39 is 0 Å². The van der Waals surface area contributed by atoms with Gasteiger partial charge in [0.05, 0.1) is 4.47 Å². The van der Waals surface area contributed by atoms with Crippen molar-refractivity contribution in [3.63, 3.8) is 0 Å². The summed E-state index contributed by atoms with van der Waals surface area (Å²) in [4.78, 5) is 0. The molecule has 0 bridgehead atoms. The fraction of sp³-hybridized carbons (Fsp3) is 0. The predicted octanol–water partition coefficient (Wildman–Crippen LogP) is 6.33. The van der Waals surface area contributed by atoms with E-state index in [4.69, 9.17) is 4.42 Å². The van der Waals surface area contributed by atoms with Crippen LogP contribution in [0.15, 0.2) is 105 Å². The molecule has 0 saturated carbocycles. The van der Waals surface area contributed by atoms with Crippen LogP contribution < -0.4 is 5.55 Å². The molecular formula is C23H16BrNO2. The van der Waals surface area contributed by atoms with Gasteiger partial charge in [-0.05, 0) is 32.2 Å². The zero-order chi connectivity index (χ0) is 18.6. The highest BCUT2D eigenvalue weighted by molar-refractivity contribution is 9.10.